The second-order valence-electron chi connectivity index (χ2n) is 19.4. The number of fused-ring (bicyclic) bond motifs is 4. The predicted molar refractivity (Wildman–Crippen MR) is 290 cm³/mol. The molecule has 9 rings (SSSR count). The molecule has 0 bridgehead atoms. The molecule has 0 spiro atoms. The van der Waals surface area contributed by atoms with Crippen LogP contribution in [-0.2, 0) is 17.9 Å². The molecular formula is C58H60N6O10. The second kappa shape index (κ2) is 20.6. The van der Waals surface area contributed by atoms with Crippen LogP contribution in [0.15, 0.2) is 128 Å². The Morgan fingerprint density at radius 2 is 0.946 bits per heavy atom. The standard InChI is InChI=1S/C58H60N6O10/c1-7-13-15-35(9-3)63-55(71)43-29-39-40(30-44(43)56(63)72)52(68)61(51(39)67)27-25-59(11-5)37-21-17-33(18-22-37)47-49(65)48(50(47)66)34-19-23-38(24-20-34)60(12-6)26-28-62-53(69)41-31-45-46(32-42(41)54(62)70)58(74)64(57(45)73)36(10-4)16-14-8-2/h17-24,29-32,35-36H,7-16,25-28H2,1-6H3. The van der Waals surface area contributed by atoms with Crippen molar-refractivity contribution < 1.29 is 14.5 Å². The Balaban J connectivity index is 0.882. The number of hydrogen-bond donors (Lipinski definition) is 0. The molecule has 2 aliphatic carbocycles. The van der Waals surface area contributed by atoms with E-state index in [0.717, 1.165) is 46.2 Å². The zero-order valence-corrected chi connectivity index (χ0v) is 42.7. The van der Waals surface area contributed by atoms with Gasteiger partial charge in [0.2, 0.25) is 0 Å². The van der Waals surface area contributed by atoms with E-state index in [1.54, 1.807) is 48.6 Å². The molecule has 2 unspecified atom stereocenters. The highest BCUT2D eigenvalue weighted by molar-refractivity contribution is 6.39. The normalized spacial score (nSPS) is 14.7. The minimum atomic E-state index is -0.530. The van der Waals surface area contributed by atoms with E-state index in [0.29, 0.717) is 49.9 Å². The fraction of sp³-hybridized carbons (Fsp3) is 0.379. The summed E-state index contributed by atoms with van der Waals surface area (Å²) in [6.45, 7) is 13.4. The van der Waals surface area contributed by atoms with E-state index >= 15 is 0 Å². The lowest BCUT2D eigenvalue weighted by Crippen LogP contribution is -2.34. The highest BCUT2D eigenvalue weighted by Gasteiger charge is 2.31. The first-order valence-electron chi connectivity index (χ1n) is 26.0. The highest BCUT2D eigenvalue weighted by Crippen LogP contribution is 2.38. The van der Waals surface area contributed by atoms with Crippen LogP contribution in [0, 0.1) is 0 Å². The first-order valence-corrected chi connectivity index (χ1v) is 26.0. The lowest BCUT2D eigenvalue weighted by molar-refractivity contribution is -0.524. The van der Waals surface area contributed by atoms with Crippen LogP contribution in [0.2, 0.25) is 0 Å². The summed E-state index contributed by atoms with van der Waals surface area (Å²) in [6, 6.07) is 12.0. The molecule has 0 radical (unpaired) electrons. The molecule has 3 aromatic carbocycles. The average Bonchev–Trinajstić information content (AvgIpc) is 3.99. The predicted octanol–water partition coefficient (Wildman–Crippen LogP) is 5.20. The second-order valence-corrected chi connectivity index (χ2v) is 19.4. The number of hydrogen-bond acceptors (Lipinski definition) is 11. The largest absolute Gasteiger partial charge is 0.871 e. The fourth-order valence-corrected chi connectivity index (χ4v) is 11.0. The van der Waals surface area contributed by atoms with Gasteiger partial charge in [-0.05, 0) is 99.2 Å². The molecule has 0 aliphatic heterocycles. The number of ketones is 1. The smallest absolute Gasteiger partial charge is 0.261 e. The number of rotatable bonds is 20. The number of unbranched alkanes of at least 4 members (excludes halogenated alkanes) is 2. The van der Waals surface area contributed by atoms with Gasteiger partial charge < -0.3 is 10.0 Å². The average molecular weight is 1000 g/mol. The summed E-state index contributed by atoms with van der Waals surface area (Å²) in [6.07, 6.45) is 13.1. The van der Waals surface area contributed by atoms with E-state index in [2.05, 4.69) is 0 Å². The number of carbonyl (C=O) groups is 1. The van der Waals surface area contributed by atoms with Gasteiger partial charge in [-0.1, -0.05) is 71.3 Å². The molecule has 16 heteroatoms. The maximum absolute atomic E-state index is 13.6. The van der Waals surface area contributed by atoms with E-state index in [4.69, 9.17) is 0 Å². The van der Waals surface area contributed by atoms with Gasteiger partial charge in [-0.25, -0.2) is 4.58 Å². The van der Waals surface area contributed by atoms with Crippen molar-refractivity contribution in [3.05, 3.63) is 178 Å². The Kier molecular flexibility index (Phi) is 14.2. The summed E-state index contributed by atoms with van der Waals surface area (Å²) in [5, 5.41) is 14.6. The highest BCUT2D eigenvalue weighted by atomic mass is 16.3. The van der Waals surface area contributed by atoms with E-state index in [-0.39, 0.29) is 104 Å². The summed E-state index contributed by atoms with van der Waals surface area (Å²) in [4.78, 5) is 124. The van der Waals surface area contributed by atoms with Crippen LogP contribution in [0.3, 0.4) is 0 Å². The molecule has 16 nitrogen and oxygen atoms in total. The van der Waals surface area contributed by atoms with Crippen molar-refractivity contribution in [1.82, 2.24) is 18.3 Å². The molecule has 2 aliphatic rings. The molecule has 74 heavy (non-hydrogen) atoms. The van der Waals surface area contributed by atoms with Gasteiger partial charge in [0.25, 0.3) is 44.5 Å². The zero-order chi connectivity index (χ0) is 52.9. The van der Waals surface area contributed by atoms with Crippen LogP contribution in [-0.4, -0.2) is 60.5 Å². The lowest BCUT2D eigenvalue weighted by atomic mass is 9.80. The SMILES string of the molecule is CCCCC(CC)n1c(=O)c2cc3c(=O)n(CCN(CC)c4ccc(C5=C([O-])C(=C6C=CC(=[N+](CC)CCn7c(=O)c8cc9c(=O)n(C(CC)CCCC)c(=O)c9cc8c7=O)C=C6)C5=O)cc4)c(=O)c3cc2c1=O. The van der Waals surface area contributed by atoms with Crippen LogP contribution in [0.4, 0.5) is 5.69 Å². The van der Waals surface area contributed by atoms with E-state index in [1.807, 2.05) is 51.0 Å². The molecule has 0 saturated carbocycles. The number of carbonyl (C=O) groups excluding carboxylic acids is 1. The van der Waals surface area contributed by atoms with Gasteiger partial charge in [0.15, 0.2) is 18.0 Å². The third kappa shape index (κ3) is 8.43. The monoisotopic (exact) mass is 1000 g/mol. The maximum atomic E-state index is 13.6. The number of allylic oxidation sites excluding steroid dienone is 7. The van der Waals surface area contributed by atoms with Crippen molar-refractivity contribution >= 4 is 65.8 Å². The van der Waals surface area contributed by atoms with Crippen molar-refractivity contribution in [2.45, 2.75) is 118 Å². The Hall–Kier alpha value is -7.88. The fourth-order valence-electron chi connectivity index (χ4n) is 11.0. The third-order valence-corrected chi connectivity index (χ3v) is 15.4. The molecule has 382 valence electrons. The molecule has 0 amide bonds. The van der Waals surface area contributed by atoms with Crippen LogP contribution in [0.25, 0.3) is 48.7 Å². The van der Waals surface area contributed by atoms with Crippen molar-refractivity contribution in [3.63, 3.8) is 0 Å². The Morgan fingerprint density at radius 1 is 0.527 bits per heavy atom. The van der Waals surface area contributed by atoms with E-state index in [1.165, 1.54) is 33.4 Å². The van der Waals surface area contributed by atoms with Crippen molar-refractivity contribution in [2.75, 3.05) is 31.1 Å². The molecule has 0 N–H and O–H groups in total. The number of nitrogens with zero attached hydrogens (tertiary/aromatic N) is 6. The molecule has 4 aromatic heterocycles. The minimum Gasteiger partial charge on any atom is -0.871 e. The Morgan fingerprint density at radius 3 is 1.32 bits per heavy atom. The van der Waals surface area contributed by atoms with Gasteiger partial charge in [0.1, 0.15) is 6.54 Å². The van der Waals surface area contributed by atoms with Crippen molar-refractivity contribution in [2.24, 2.45) is 0 Å². The number of aromatic nitrogens is 4. The van der Waals surface area contributed by atoms with Gasteiger partial charge >= 0.3 is 0 Å². The van der Waals surface area contributed by atoms with Crippen LogP contribution in [0.5, 0.6) is 0 Å². The quantitative estimate of drug-likeness (QED) is 0.0718. The van der Waals surface area contributed by atoms with Gasteiger partial charge in [-0.3, -0.25) is 61.4 Å². The summed E-state index contributed by atoms with van der Waals surface area (Å²) >= 11 is 0. The van der Waals surface area contributed by atoms with Crippen LogP contribution in [0.1, 0.15) is 111 Å². The first-order chi connectivity index (χ1) is 35.6. The lowest BCUT2D eigenvalue weighted by Gasteiger charge is -2.32. The third-order valence-electron chi connectivity index (χ3n) is 15.4. The minimum absolute atomic E-state index is 0.0389. The summed E-state index contributed by atoms with van der Waals surface area (Å²) in [7, 11) is 0. The zero-order valence-electron chi connectivity index (χ0n) is 42.7. The van der Waals surface area contributed by atoms with Crippen molar-refractivity contribution in [3.8, 4) is 0 Å². The number of Topliss-reactive ketones (excluding diaryl/α,β-unsaturated/α-hetero) is 1. The molecule has 4 heterocycles. The van der Waals surface area contributed by atoms with E-state index in [9.17, 15) is 48.3 Å². The first kappa shape index (κ1) is 51.0. The topological polar surface area (TPSA) is 203 Å². The van der Waals surface area contributed by atoms with Crippen LogP contribution < -0.4 is 54.5 Å². The van der Waals surface area contributed by atoms with Crippen molar-refractivity contribution in [1.29, 1.82) is 0 Å². The Bertz CT molecular complexity index is 3870. The molecule has 0 fully saturated rings. The van der Waals surface area contributed by atoms with Gasteiger partial charge in [-0.2, -0.15) is 0 Å². The molecule has 2 atom stereocenters. The summed E-state index contributed by atoms with van der Waals surface area (Å²) < 4.78 is 6.77. The summed E-state index contributed by atoms with van der Waals surface area (Å²) in [5.41, 5.74) is -1.38. The van der Waals surface area contributed by atoms with Crippen LogP contribution >= 0.6 is 0 Å². The number of likely N-dealkylation sites (N-methyl/N-ethyl adjacent to an activating group) is 2. The van der Waals surface area contributed by atoms with Gasteiger partial charge in [0.05, 0.1) is 49.6 Å². The van der Waals surface area contributed by atoms with Gasteiger partial charge in [-0.15, -0.1) is 0 Å². The number of anilines is 1. The van der Waals surface area contributed by atoms with E-state index < -0.39 is 44.5 Å². The number of benzene rings is 3. The Labute approximate surface area is 424 Å². The molecule has 0 saturated heterocycles. The maximum Gasteiger partial charge on any atom is 0.261 e. The van der Waals surface area contributed by atoms with Gasteiger partial charge in [0, 0.05) is 60.7 Å². The summed E-state index contributed by atoms with van der Waals surface area (Å²) in [5.74, 6) is -0.780. The molecule has 7 aromatic rings. The molecular weight excluding hydrogens is 941 g/mol.